The van der Waals surface area contributed by atoms with Gasteiger partial charge in [-0.1, -0.05) is 25.4 Å². The van der Waals surface area contributed by atoms with E-state index in [0.717, 1.165) is 0 Å². The van der Waals surface area contributed by atoms with E-state index in [0.29, 0.717) is 5.82 Å². The van der Waals surface area contributed by atoms with Crippen molar-refractivity contribution in [1.82, 2.24) is 9.97 Å². The predicted molar refractivity (Wildman–Crippen MR) is 52.5 cm³/mol. The first-order valence-corrected chi connectivity index (χ1v) is 4.54. The van der Waals surface area contributed by atoms with Crippen molar-refractivity contribution in [2.45, 2.75) is 19.8 Å². The van der Waals surface area contributed by atoms with Gasteiger partial charge in [0.15, 0.2) is 0 Å². The SMILES string of the molecule is COC(=O)c1cnc(C(C)C)nc1Cl. The minimum atomic E-state index is -0.523. The number of halogens is 1. The molecule has 0 aromatic carbocycles. The fourth-order valence-corrected chi connectivity index (χ4v) is 1.11. The lowest BCUT2D eigenvalue weighted by molar-refractivity contribution is 0.0600. The molecule has 0 atom stereocenters. The summed E-state index contributed by atoms with van der Waals surface area (Å²) in [6, 6.07) is 0. The molecule has 0 bridgehead atoms. The van der Waals surface area contributed by atoms with Crippen LogP contribution in [0.1, 0.15) is 35.9 Å². The number of hydrogen-bond donors (Lipinski definition) is 0. The van der Waals surface area contributed by atoms with Crippen molar-refractivity contribution in [2.24, 2.45) is 0 Å². The maximum Gasteiger partial charge on any atom is 0.342 e. The van der Waals surface area contributed by atoms with Gasteiger partial charge in [-0.15, -0.1) is 0 Å². The highest BCUT2D eigenvalue weighted by atomic mass is 35.5. The molecule has 0 saturated heterocycles. The summed E-state index contributed by atoms with van der Waals surface area (Å²) < 4.78 is 4.51. The van der Waals surface area contributed by atoms with Crippen molar-refractivity contribution in [3.05, 3.63) is 22.7 Å². The van der Waals surface area contributed by atoms with Gasteiger partial charge in [-0.2, -0.15) is 0 Å². The summed E-state index contributed by atoms with van der Waals surface area (Å²) in [4.78, 5) is 19.1. The maximum atomic E-state index is 11.1. The Kier molecular flexibility index (Phi) is 3.41. The van der Waals surface area contributed by atoms with Gasteiger partial charge < -0.3 is 4.74 Å². The Labute approximate surface area is 87.3 Å². The van der Waals surface area contributed by atoms with Crippen molar-refractivity contribution >= 4 is 17.6 Å². The summed E-state index contributed by atoms with van der Waals surface area (Å²) in [5.74, 6) is 0.271. The number of carbonyl (C=O) groups excluding carboxylic acids is 1. The topological polar surface area (TPSA) is 52.1 Å². The number of methoxy groups -OCH3 is 1. The van der Waals surface area contributed by atoms with E-state index >= 15 is 0 Å². The third-order valence-corrected chi connectivity index (χ3v) is 1.97. The maximum absolute atomic E-state index is 11.1. The fourth-order valence-electron chi connectivity index (χ4n) is 0.899. The number of esters is 1. The van der Waals surface area contributed by atoms with Gasteiger partial charge in [0.25, 0.3) is 0 Å². The van der Waals surface area contributed by atoms with Crippen LogP contribution >= 0.6 is 11.6 Å². The summed E-state index contributed by atoms with van der Waals surface area (Å²) in [7, 11) is 1.29. The molecule has 5 heteroatoms. The second-order valence-electron chi connectivity index (χ2n) is 3.08. The summed E-state index contributed by atoms with van der Waals surface area (Å²) >= 11 is 5.80. The molecule has 4 nitrogen and oxygen atoms in total. The van der Waals surface area contributed by atoms with E-state index in [1.807, 2.05) is 13.8 Å². The number of rotatable bonds is 2. The number of aromatic nitrogens is 2. The number of nitrogens with zero attached hydrogens (tertiary/aromatic N) is 2. The van der Waals surface area contributed by atoms with Gasteiger partial charge in [0.1, 0.15) is 16.5 Å². The van der Waals surface area contributed by atoms with Gasteiger partial charge in [-0.3, -0.25) is 0 Å². The summed E-state index contributed by atoms with van der Waals surface area (Å²) in [6.45, 7) is 3.90. The van der Waals surface area contributed by atoms with Crippen molar-refractivity contribution in [1.29, 1.82) is 0 Å². The van der Waals surface area contributed by atoms with Crippen LogP contribution in [0.15, 0.2) is 6.20 Å². The minimum Gasteiger partial charge on any atom is -0.465 e. The van der Waals surface area contributed by atoms with Crippen LogP contribution < -0.4 is 0 Å². The van der Waals surface area contributed by atoms with Crippen LogP contribution in [0.4, 0.5) is 0 Å². The van der Waals surface area contributed by atoms with Crippen LogP contribution in [-0.2, 0) is 4.74 Å². The molecule has 0 N–H and O–H groups in total. The zero-order valence-corrected chi connectivity index (χ0v) is 9.00. The normalized spacial score (nSPS) is 10.4. The quantitative estimate of drug-likeness (QED) is 0.559. The Bertz CT molecular complexity index is 353. The Morgan fingerprint density at radius 2 is 2.21 bits per heavy atom. The highest BCUT2D eigenvalue weighted by molar-refractivity contribution is 6.32. The van der Waals surface area contributed by atoms with Gasteiger partial charge in [0.2, 0.25) is 0 Å². The Hall–Kier alpha value is -1.16. The first-order chi connectivity index (χ1) is 6.56. The zero-order valence-electron chi connectivity index (χ0n) is 8.24. The molecule has 0 amide bonds. The van der Waals surface area contributed by atoms with Crippen LogP contribution in [0.25, 0.3) is 0 Å². The molecule has 0 aliphatic rings. The van der Waals surface area contributed by atoms with E-state index in [4.69, 9.17) is 11.6 Å². The lowest BCUT2D eigenvalue weighted by Crippen LogP contribution is -2.07. The molecule has 0 saturated carbocycles. The van der Waals surface area contributed by atoms with Gasteiger partial charge in [0, 0.05) is 12.1 Å². The second-order valence-corrected chi connectivity index (χ2v) is 3.44. The highest BCUT2D eigenvalue weighted by Gasteiger charge is 2.14. The van der Waals surface area contributed by atoms with Crippen LogP contribution in [0.3, 0.4) is 0 Å². The molecule has 76 valence electrons. The van der Waals surface area contributed by atoms with E-state index in [9.17, 15) is 4.79 Å². The average Bonchev–Trinajstić information content (AvgIpc) is 2.16. The Balaban J connectivity index is 3.07. The molecule has 1 heterocycles. The minimum absolute atomic E-state index is 0.135. The molecular formula is C9H11ClN2O2. The van der Waals surface area contributed by atoms with E-state index in [1.54, 1.807) is 0 Å². The van der Waals surface area contributed by atoms with E-state index in [1.165, 1.54) is 13.3 Å². The summed E-state index contributed by atoms with van der Waals surface area (Å²) in [5, 5.41) is 0.135. The monoisotopic (exact) mass is 214 g/mol. The highest BCUT2D eigenvalue weighted by Crippen LogP contribution is 2.16. The number of hydrogen-bond acceptors (Lipinski definition) is 4. The molecular weight excluding hydrogens is 204 g/mol. The van der Waals surface area contributed by atoms with E-state index in [-0.39, 0.29) is 16.6 Å². The number of ether oxygens (including phenoxy) is 1. The smallest absolute Gasteiger partial charge is 0.342 e. The molecule has 1 rings (SSSR count). The third-order valence-electron chi connectivity index (χ3n) is 1.68. The van der Waals surface area contributed by atoms with Crippen LogP contribution in [0.5, 0.6) is 0 Å². The first-order valence-electron chi connectivity index (χ1n) is 4.17. The predicted octanol–water partition coefficient (Wildman–Crippen LogP) is 2.04. The molecule has 0 aliphatic heterocycles. The zero-order chi connectivity index (χ0) is 10.7. The van der Waals surface area contributed by atoms with Gasteiger partial charge >= 0.3 is 5.97 Å². The first kappa shape index (κ1) is 10.9. The average molecular weight is 215 g/mol. The van der Waals surface area contributed by atoms with Gasteiger partial charge in [0.05, 0.1) is 7.11 Å². The van der Waals surface area contributed by atoms with Crippen molar-refractivity contribution < 1.29 is 9.53 Å². The van der Waals surface area contributed by atoms with Crippen molar-refractivity contribution in [3.63, 3.8) is 0 Å². The largest absolute Gasteiger partial charge is 0.465 e. The Morgan fingerprint density at radius 3 is 2.64 bits per heavy atom. The molecule has 0 fully saturated rings. The van der Waals surface area contributed by atoms with E-state index < -0.39 is 5.97 Å². The lowest BCUT2D eigenvalue weighted by Gasteiger charge is -2.05. The van der Waals surface area contributed by atoms with Gasteiger partial charge in [-0.25, -0.2) is 14.8 Å². The van der Waals surface area contributed by atoms with Crippen molar-refractivity contribution in [2.75, 3.05) is 7.11 Å². The molecule has 0 aliphatic carbocycles. The third kappa shape index (κ3) is 2.20. The molecule has 1 aromatic rings. The molecule has 1 aromatic heterocycles. The van der Waals surface area contributed by atoms with Crippen LogP contribution in [0.2, 0.25) is 5.15 Å². The lowest BCUT2D eigenvalue weighted by atomic mass is 10.2. The fraction of sp³-hybridized carbons (Fsp3) is 0.444. The Morgan fingerprint density at radius 1 is 1.57 bits per heavy atom. The molecule has 0 radical (unpaired) electrons. The summed E-state index contributed by atoms with van der Waals surface area (Å²) in [5.41, 5.74) is 0.193. The molecule has 14 heavy (non-hydrogen) atoms. The number of carbonyl (C=O) groups is 1. The molecule has 0 spiro atoms. The second kappa shape index (κ2) is 4.37. The van der Waals surface area contributed by atoms with Crippen LogP contribution in [-0.4, -0.2) is 23.0 Å². The van der Waals surface area contributed by atoms with Crippen molar-refractivity contribution in [3.8, 4) is 0 Å². The van der Waals surface area contributed by atoms with E-state index in [2.05, 4.69) is 14.7 Å². The summed E-state index contributed by atoms with van der Waals surface area (Å²) in [6.07, 6.45) is 1.39. The van der Waals surface area contributed by atoms with Gasteiger partial charge in [-0.05, 0) is 0 Å². The van der Waals surface area contributed by atoms with Crippen LogP contribution in [0, 0.1) is 0 Å². The standard InChI is InChI=1S/C9H11ClN2O2/c1-5(2)8-11-4-6(7(10)12-8)9(13)14-3/h4-5H,1-3H3. The molecule has 0 unspecified atom stereocenters.